The average molecular weight is 429 g/mol. The predicted octanol–water partition coefficient (Wildman–Crippen LogP) is 4.97. The highest BCUT2D eigenvalue weighted by atomic mass is 16.6. The molecule has 2 heterocycles. The summed E-state index contributed by atoms with van der Waals surface area (Å²) in [6, 6.07) is 7.20. The second-order valence-corrected chi connectivity index (χ2v) is 9.82. The van der Waals surface area contributed by atoms with Gasteiger partial charge in [-0.15, -0.1) is 0 Å². The molecule has 31 heavy (non-hydrogen) atoms. The number of benzene rings is 1. The number of ether oxygens (including phenoxy) is 3. The maximum absolute atomic E-state index is 12.6. The summed E-state index contributed by atoms with van der Waals surface area (Å²) >= 11 is 0. The van der Waals surface area contributed by atoms with Gasteiger partial charge in [0.05, 0.1) is 11.1 Å². The Bertz CT molecular complexity index is 951. The topological polar surface area (TPSA) is 78.0 Å². The fourth-order valence-corrected chi connectivity index (χ4v) is 3.38. The van der Waals surface area contributed by atoms with E-state index in [0.717, 1.165) is 0 Å². The van der Waals surface area contributed by atoms with E-state index in [-0.39, 0.29) is 18.2 Å². The summed E-state index contributed by atoms with van der Waals surface area (Å²) in [5, 5.41) is 0.695. The van der Waals surface area contributed by atoms with Crippen LogP contribution in [0.4, 0.5) is 4.79 Å². The number of hydrogen-bond acceptors (Lipinski definition) is 6. The Hall–Kier alpha value is -2.83. The molecule has 1 amide bonds. The van der Waals surface area contributed by atoms with E-state index in [0.29, 0.717) is 48.1 Å². The molecule has 7 heteroatoms. The van der Waals surface area contributed by atoms with Crippen molar-refractivity contribution in [3.05, 3.63) is 36.0 Å². The van der Waals surface area contributed by atoms with Crippen LogP contribution in [0.3, 0.4) is 0 Å². The molecule has 3 rings (SSSR count). The Balaban J connectivity index is 1.68. The largest absolute Gasteiger partial charge is 0.490 e. The molecule has 1 aromatic carbocycles. The number of nitrogens with zero attached hydrogens (tertiary/aromatic N) is 2. The molecule has 0 spiro atoms. The summed E-state index contributed by atoms with van der Waals surface area (Å²) in [5.41, 5.74) is 0.0822. The zero-order valence-corrected chi connectivity index (χ0v) is 19.2. The molecule has 0 N–H and O–H groups in total. The van der Waals surface area contributed by atoms with Crippen LogP contribution in [-0.4, -0.2) is 52.3 Å². The number of amides is 1. The monoisotopic (exact) mass is 428 g/mol. The molecule has 0 aliphatic carbocycles. The number of carbonyl (C=O) groups excluding carboxylic acids is 2. The van der Waals surface area contributed by atoms with Crippen molar-refractivity contribution in [3.8, 4) is 5.75 Å². The lowest BCUT2D eigenvalue weighted by atomic mass is 10.1. The highest BCUT2D eigenvalue weighted by Gasteiger charge is 2.28. The molecule has 1 aliphatic rings. The Morgan fingerprint density at radius 3 is 2.23 bits per heavy atom. The van der Waals surface area contributed by atoms with Crippen LogP contribution in [0.2, 0.25) is 0 Å². The Morgan fingerprint density at radius 1 is 0.968 bits per heavy atom. The number of rotatable bonds is 3. The summed E-state index contributed by atoms with van der Waals surface area (Å²) < 4.78 is 17.1. The lowest BCUT2D eigenvalue weighted by molar-refractivity contribution is 0.00698. The van der Waals surface area contributed by atoms with E-state index in [1.165, 1.54) is 0 Å². The smallest absolute Gasteiger partial charge is 0.410 e. The normalized spacial score (nSPS) is 15.6. The maximum atomic E-state index is 12.6. The first-order chi connectivity index (χ1) is 14.4. The van der Waals surface area contributed by atoms with Crippen molar-refractivity contribution in [2.45, 2.75) is 71.7 Å². The van der Waals surface area contributed by atoms with Crippen LogP contribution in [0.25, 0.3) is 10.9 Å². The van der Waals surface area contributed by atoms with E-state index in [1.807, 2.05) is 59.7 Å². The molecule has 7 nitrogen and oxygen atoms in total. The predicted molar refractivity (Wildman–Crippen MR) is 118 cm³/mol. The van der Waals surface area contributed by atoms with E-state index in [2.05, 4.69) is 4.98 Å². The summed E-state index contributed by atoms with van der Waals surface area (Å²) in [6.07, 6.45) is 2.73. The molecule has 1 fully saturated rings. The number of piperidine rings is 1. The van der Waals surface area contributed by atoms with Crippen molar-refractivity contribution in [1.82, 2.24) is 9.88 Å². The molecule has 1 aromatic heterocycles. The first-order valence-electron chi connectivity index (χ1n) is 10.7. The Labute approximate surface area is 183 Å². The molecular formula is C24H32N2O5. The van der Waals surface area contributed by atoms with Crippen molar-refractivity contribution in [3.63, 3.8) is 0 Å². The van der Waals surface area contributed by atoms with Crippen LogP contribution in [0, 0.1) is 0 Å². The number of carbonyl (C=O) groups is 2. The van der Waals surface area contributed by atoms with Crippen molar-refractivity contribution in [2.24, 2.45) is 0 Å². The second-order valence-electron chi connectivity index (χ2n) is 9.82. The van der Waals surface area contributed by atoms with Crippen LogP contribution in [-0.2, 0) is 9.47 Å². The lowest BCUT2D eigenvalue weighted by Gasteiger charge is -2.33. The van der Waals surface area contributed by atoms with Crippen molar-refractivity contribution in [1.29, 1.82) is 0 Å². The highest BCUT2D eigenvalue weighted by molar-refractivity contribution is 6.03. The zero-order chi connectivity index (χ0) is 22.8. The van der Waals surface area contributed by atoms with Gasteiger partial charge in [-0.25, -0.2) is 9.59 Å². The fraction of sp³-hybridized carbons (Fsp3) is 0.542. The fourth-order valence-electron chi connectivity index (χ4n) is 3.38. The van der Waals surface area contributed by atoms with E-state index >= 15 is 0 Å². The number of pyridine rings is 1. The van der Waals surface area contributed by atoms with Gasteiger partial charge < -0.3 is 19.1 Å². The van der Waals surface area contributed by atoms with Gasteiger partial charge in [0.2, 0.25) is 0 Å². The maximum Gasteiger partial charge on any atom is 0.410 e. The van der Waals surface area contributed by atoms with Gasteiger partial charge in [-0.05, 0) is 65.8 Å². The SMILES string of the molecule is CC(C)(C)OC(=O)c1ccnc2ccc(OC3CCN(C(=O)OC(C)(C)C)CC3)cc12. The number of likely N-dealkylation sites (tertiary alicyclic amines) is 1. The molecule has 0 saturated carbocycles. The Morgan fingerprint density at radius 2 is 1.61 bits per heavy atom. The standard InChI is InChI=1S/C24H32N2O5/c1-23(2,3)30-21(27)18-9-12-25-20-8-7-17(15-19(18)20)29-16-10-13-26(14-11-16)22(28)31-24(4,5)6/h7-9,12,15-16H,10-11,13-14H2,1-6H3. The number of esters is 1. The van der Waals surface area contributed by atoms with Crippen molar-refractivity contribution in [2.75, 3.05) is 13.1 Å². The third-order valence-corrected chi connectivity index (χ3v) is 4.73. The summed E-state index contributed by atoms with van der Waals surface area (Å²) in [4.78, 5) is 30.9. The first-order valence-corrected chi connectivity index (χ1v) is 10.7. The minimum atomic E-state index is -0.580. The van der Waals surface area contributed by atoms with E-state index in [1.54, 1.807) is 17.2 Å². The van der Waals surface area contributed by atoms with Crippen LogP contribution >= 0.6 is 0 Å². The average Bonchev–Trinajstić information content (AvgIpc) is 2.65. The van der Waals surface area contributed by atoms with Gasteiger partial charge in [-0.1, -0.05) is 0 Å². The summed E-state index contributed by atoms with van der Waals surface area (Å²) in [7, 11) is 0. The van der Waals surface area contributed by atoms with Gasteiger partial charge in [0.25, 0.3) is 0 Å². The van der Waals surface area contributed by atoms with Crippen LogP contribution in [0.15, 0.2) is 30.5 Å². The van der Waals surface area contributed by atoms with Gasteiger partial charge in [0.15, 0.2) is 0 Å². The third-order valence-electron chi connectivity index (χ3n) is 4.73. The summed E-state index contributed by atoms with van der Waals surface area (Å²) in [6.45, 7) is 12.3. The van der Waals surface area contributed by atoms with Gasteiger partial charge in [0, 0.05) is 37.5 Å². The van der Waals surface area contributed by atoms with Gasteiger partial charge in [-0.3, -0.25) is 4.98 Å². The molecule has 168 valence electrons. The van der Waals surface area contributed by atoms with Gasteiger partial charge in [-0.2, -0.15) is 0 Å². The number of hydrogen-bond donors (Lipinski definition) is 0. The zero-order valence-electron chi connectivity index (χ0n) is 19.2. The number of fused-ring (bicyclic) bond motifs is 1. The van der Waals surface area contributed by atoms with Crippen molar-refractivity contribution >= 4 is 23.0 Å². The molecule has 0 atom stereocenters. The molecule has 2 aromatic rings. The van der Waals surface area contributed by atoms with E-state index < -0.39 is 11.2 Å². The van der Waals surface area contributed by atoms with Gasteiger partial charge in [0.1, 0.15) is 23.1 Å². The first kappa shape index (κ1) is 22.8. The van der Waals surface area contributed by atoms with E-state index in [4.69, 9.17) is 14.2 Å². The van der Waals surface area contributed by atoms with E-state index in [9.17, 15) is 9.59 Å². The third kappa shape index (κ3) is 6.32. The second kappa shape index (κ2) is 8.73. The number of aromatic nitrogens is 1. The molecule has 0 unspecified atom stereocenters. The molecule has 0 radical (unpaired) electrons. The Kier molecular flexibility index (Phi) is 6.43. The van der Waals surface area contributed by atoms with Gasteiger partial charge >= 0.3 is 12.1 Å². The van der Waals surface area contributed by atoms with Crippen LogP contribution in [0.1, 0.15) is 64.7 Å². The molecule has 0 bridgehead atoms. The van der Waals surface area contributed by atoms with Crippen LogP contribution < -0.4 is 4.74 Å². The highest BCUT2D eigenvalue weighted by Crippen LogP contribution is 2.27. The quantitative estimate of drug-likeness (QED) is 0.643. The van der Waals surface area contributed by atoms with Crippen molar-refractivity contribution < 1.29 is 23.8 Å². The summed E-state index contributed by atoms with van der Waals surface area (Å²) in [5.74, 6) is 0.281. The van der Waals surface area contributed by atoms with Crippen LogP contribution in [0.5, 0.6) is 5.75 Å². The lowest BCUT2D eigenvalue weighted by Crippen LogP contribution is -2.44. The molecule has 1 saturated heterocycles. The minimum absolute atomic E-state index is 0.0159. The molecule has 1 aliphatic heterocycles. The minimum Gasteiger partial charge on any atom is -0.490 e. The molecular weight excluding hydrogens is 396 g/mol.